The number of benzene rings is 1. The number of nitrogens with one attached hydrogen (secondary N) is 2. The maximum absolute atomic E-state index is 5.88. The van der Waals surface area contributed by atoms with Crippen LogP contribution in [0.4, 0.5) is 0 Å². The van der Waals surface area contributed by atoms with Crippen molar-refractivity contribution in [2.75, 3.05) is 46.6 Å². The van der Waals surface area contributed by atoms with Crippen LogP contribution in [0.25, 0.3) is 0 Å². The molecule has 0 aliphatic carbocycles. The number of nitrogens with zero attached hydrogens (tertiary/aromatic N) is 1. The molecule has 0 atom stereocenters. The number of hydrogen-bond donors (Lipinski definition) is 2. The highest BCUT2D eigenvalue weighted by Gasteiger charge is 2.33. The van der Waals surface area contributed by atoms with Crippen molar-refractivity contribution in [3.63, 3.8) is 0 Å². The fraction of sp³-hybridized carbons (Fsp3) is 0.632. The van der Waals surface area contributed by atoms with Crippen molar-refractivity contribution >= 4 is 29.9 Å². The smallest absolute Gasteiger partial charge is 0.191 e. The maximum Gasteiger partial charge on any atom is 0.191 e. The summed E-state index contributed by atoms with van der Waals surface area (Å²) >= 11 is 0. The Labute approximate surface area is 174 Å². The van der Waals surface area contributed by atoms with Crippen molar-refractivity contribution in [3.8, 4) is 5.75 Å². The zero-order chi connectivity index (χ0) is 18.1. The molecule has 1 heterocycles. The van der Waals surface area contributed by atoms with Gasteiger partial charge in [0.2, 0.25) is 0 Å². The molecule has 1 aromatic carbocycles. The summed E-state index contributed by atoms with van der Waals surface area (Å²) in [6.07, 6.45) is 0. The molecule has 0 bridgehead atoms. The van der Waals surface area contributed by atoms with Crippen molar-refractivity contribution < 1.29 is 14.2 Å². The van der Waals surface area contributed by atoms with Gasteiger partial charge in [-0.25, -0.2) is 0 Å². The summed E-state index contributed by atoms with van der Waals surface area (Å²) in [7, 11) is 1.78. The molecule has 1 aromatic rings. The van der Waals surface area contributed by atoms with E-state index < -0.39 is 0 Å². The molecule has 148 valence electrons. The van der Waals surface area contributed by atoms with Crippen LogP contribution < -0.4 is 15.4 Å². The van der Waals surface area contributed by atoms with Gasteiger partial charge in [-0.15, -0.1) is 24.0 Å². The minimum Gasteiger partial charge on any atom is -0.491 e. The number of hydrogen-bond acceptors (Lipinski definition) is 4. The Kier molecular flexibility index (Phi) is 10.3. The molecule has 0 saturated carbocycles. The van der Waals surface area contributed by atoms with Crippen LogP contribution in [0.5, 0.6) is 5.75 Å². The van der Waals surface area contributed by atoms with Gasteiger partial charge in [-0.05, 0) is 25.5 Å². The number of rotatable bonds is 9. The summed E-state index contributed by atoms with van der Waals surface area (Å²) < 4.78 is 16.5. The fourth-order valence-corrected chi connectivity index (χ4v) is 2.55. The second-order valence-corrected chi connectivity index (χ2v) is 6.74. The first-order valence-electron chi connectivity index (χ1n) is 8.88. The fourth-order valence-electron chi connectivity index (χ4n) is 2.55. The molecule has 2 N–H and O–H groups in total. The van der Waals surface area contributed by atoms with Crippen LogP contribution in [-0.2, 0) is 16.0 Å². The normalized spacial score (nSPS) is 15.6. The van der Waals surface area contributed by atoms with Gasteiger partial charge in [0.25, 0.3) is 0 Å². The lowest BCUT2D eigenvalue weighted by atomic mass is 9.89. The average molecular weight is 477 g/mol. The van der Waals surface area contributed by atoms with Crippen LogP contribution in [0.2, 0.25) is 0 Å². The van der Waals surface area contributed by atoms with E-state index in [4.69, 9.17) is 14.2 Å². The average Bonchev–Trinajstić information content (AvgIpc) is 2.58. The number of guanidine groups is 1. The van der Waals surface area contributed by atoms with Gasteiger partial charge in [0, 0.05) is 37.7 Å². The summed E-state index contributed by atoms with van der Waals surface area (Å²) in [6, 6.07) is 6.24. The minimum atomic E-state index is 0. The van der Waals surface area contributed by atoms with E-state index in [9.17, 15) is 0 Å². The molecule has 1 saturated heterocycles. The molecule has 0 unspecified atom stereocenters. The predicted molar refractivity (Wildman–Crippen MR) is 116 cm³/mol. The van der Waals surface area contributed by atoms with E-state index in [1.165, 1.54) is 5.56 Å². The Bertz CT molecular complexity index is 577. The third-order valence-corrected chi connectivity index (χ3v) is 4.17. The van der Waals surface area contributed by atoms with Crippen molar-refractivity contribution in [2.24, 2.45) is 10.4 Å². The van der Waals surface area contributed by atoms with Crippen LogP contribution >= 0.6 is 24.0 Å². The number of ether oxygens (including phenoxy) is 3. The largest absolute Gasteiger partial charge is 0.491 e. The molecule has 2 rings (SSSR count). The van der Waals surface area contributed by atoms with Gasteiger partial charge in [-0.2, -0.15) is 0 Å². The predicted octanol–water partition coefficient (Wildman–Crippen LogP) is 2.73. The van der Waals surface area contributed by atoms with Crippen LogP contribution in [-0.4, -0.2) is 52.6 Å². The van der Waals surface area contributed by atoms with Crippen molar-refractivity contribution in [1.29, 1.82) is 0 Å². The summed E-state index contributed by atoms with van der Waals surface area (Å²) in [5.74, 6) is 1.68. The number of aryl methyl sites for hydroxylation is 1. The van der Waals surface area contributed by atoms with Crippen molar-refractivity contribution in [3.05, 3.63) is 29.3 Å². The lowest BCUT2D eigenvalue weighted by molar-refractivity contribution is -0.0971. The van der Waals surface area contributed by atoms with E-state index in [0.717, 1.165) is 37.0 Å². The van der Waals surface area contributed by atoms with Gasteiger partial charge in [0.1, 0.15) is 12.4 Å². The summed E-state index contributed by atoms with van der Waals surface area (Å²) in [5.41, 5.74) is 2.48. The van der Waals surface area contributed by atoms with Gasteiger partial charge in [0.05, 0.1) is 19.8 Å². The van der Waals surface area contributed by atoms with Crippen LogP contribution in [0, 0.1) is 12.3 Å². The highest BCUT2D eigenvalue weighted by molar-refractivity contribution is 14.0. The molecule has 1 aliphatic heterocycles. The van der Waals surface area contributed by atoms with Gasteiger partial charge >= 0.3 is 0 Å². The quantitative estimate of drug-likeness (QED) is 0.248. The maximum atomic E-state index is 5.88. The molecule has 6 nitrogen and oxygen atoms in total. The first-order valence-corrected chi connectivity index (χ1v) is 8.88. The summed E-state index contributed by atoms with van der Waals surface area (Å²) in [4.78, 5) is 4.29. The van der Waals surface area contributed by atoms with Crippen LogP contribution in [0.15, 0.2) is 23.2 Å². The molecule has 7 heteroatoms. The first-order chi connectivity index (χ1) is 12.1. The lowest BCUT2D eigenvalue weighted by Gasteiger charge is -2.38. The third-order valence-electron chi connectivity index (χ3n) is 4.17. The second-order valence-electron chi connectivity index (χ2n) is 6.74. The molecule has 0 radical (unpaired) electrons. The molecule has 0 aromatic heterocycles. The van der Waals surface area contributed by atoms with Crippen molar-refractivity contribution in [1.82, 2.24) is 10.6 Å². The Morgan fingerprint density at radius 1 is 1.27 bits per heavy atom. The molecule has 0 spiro atoms. The second kappa shape index (κ2) is 11.6. The van der Waals surface area contributed by atoms with Crippen molar-refractivity contribution in [2.45, 2.75) is 27.3 Å². The Morgan fingerprint density at radius 3 is 2.65 bits per heavy atom. The Balaban J connectivity index is 0.00000338. The topological polar surface area (TPSA) is 64.1 Å². The number of aliphatic imine (C=N–C) groups is 1. The first kappa shape index (κ1) is 23.0. The SMILES string of the molecule is CCOCCOc1cc(C)ccc1CNC(=NC)NCC1(C)COC1.I. The molecular formula is C19H32IN3O3. The summed E-state index contributed by atoms with van der Waals surface area (Å²) in [6.45, 7) is 11.2. The van der Waals surface area contributed by atoms with Crippen LogP contribution in [0.1, 0.15) is 25.0 Å². The minimum absolute atomic E-state index is 0. The van der Waals surface area contributed by atoms with E-state index in [2.05, 4.69) is 47.7 Å². The third kappa shape index (κ3) is 7.28. The van der Waals surface area contributed by atoms with E-state index >= 15 is 0 Å². The van der Waals surface area contributed by atoms with Gasteiger partial charge in [-0.3, -0.25) is 4.99 Å². The molecular weight excluding hydrogens is 445 g/mol. The zero-order valence-corrected chi connectivity index (χ0v) is 18.6. The van der Waals surface area contributed by atoms with Gasteiger partial charge in [0.15, 0.2) is 5.96 Å². The molecule has 0 amide bonds. The van der Waals surface area contributed by atoms with Gasteiger partial charge in [-0.1, -0.05) is 19.1 Å². The van der Waals surface area contributed by atoms with E-state index in [1.807, 2.05) is 6.92 Å². The number of halogens is 1. The van der Waals surface area contributed by atoms with E-state index in [0.29, 0.717) is 26.4 Å². The monoisotopic (exact) mass is 477 g/mol. The van der Waals surface area contributed by atoms with Crippen LogP contribution in [0.3, 0.4) is 0 Å². The lowest BCUT2D eigenvalue weighted by Crippen LogP contribution is -2.50. The van der Waals surface area contributed by atoms with E-state index in [-0.39, 0.29) is 29.4 Å². The highest BCUT2D eigenvalue weighted by Crippen LogP contribution is 2.25. The molecule has 1 aliphatic rings. The summed E-state index contributed by atoms with van der Waals surface area (Å²) in [5, 5.41) is 6.73. The van der Waals surface area contributed by atoms with E-state index in [1.54, 1.807) is 7.05 Å². The Hall–Kier alpha value is -1.06. The Morgan fingerprint density at radius 2 is 2.04 bits per heavy atom. The standard InChI is InChI=1S/C19H31N3O3.HI/c1-5-23-8-9-25-17-10-15(2)6-7-16(17)11-21-18(20-4)22-12-19(3)13-24-14-19;/h6-7,10H,5,8-9,11-14H2,1-4H3,(H2,20,21,22);1H. The highest BCUT2D eigenvalue weighted by atomic mass is 127. The zero-order valence-electron chi connectivity index (χ0n) is 16.3. The van der Waals surface area contributed by atoms with Gasteiger partial charge < -0.3 is 24.8 Å². The molecule has 26 heavy (non-hydrogen) atoms. The molecule has 1 fully saturated rings.